The molecule has 0 aliphatic rings. The van der Waals surface area contributed by atoms with E-state index in [0.29, 0.717) is 11.2 Å². The molecule has 1 aromatic heterocycles. The van der Waals surface area contributed by atoms with E-state index in [-0.39, 0.29) is 6.04 Å². The van der Waals surface area contributed by atoms with Crippen LogP contribution in [0.15, 0.2) is 36.7 Å². The normalized spacial score (nSPS) is 13.8. The first-order chi connectivity index (χ1) is 10.8. The zero-order valence-corrected chi connectivity index (χ0v) is 16.9. The fraction of sp³-hybridized carbons (Fsp3) is 0.500. The summed E-state index contributed by atoms with van der Waals surface area (Å²) in [4.78, 5) is 0. The van der Waals surface area contributed by atoms with E-state index in [9.17, 15) is 5.11 Å². The number of nitrogens with zero attached hydrogens (tertiary/aromatic N) is 3. The summed E-state index contributed by atoms with van der Waals surface area (Å²) in [5.74, 6) is 0. The van der Waals surface area contributed by atoms with E-state index < -0.39 is 12.3 Å². The molecule has 0 aliphatic heterocycles. The fourth-order valence-corrected chi connectivity index (χ4v) is 4.34. The van der Waals surface area contributed by atoms with Crippen molar-refractivity contribution in [2.75, 3.05) is 13.3 Å². The minimum absolute atomic E-state index is 0.192. The van der Waals surface area contributed by atoms with Crippen LogP contribution in [-0.2, 0) is 18.2 Å². The molecule has 0 radical (unpaired) electrons. The van der Waals surface area contributed by atoms with E-state index in [2.05, 4.69) is 5.10 Å². The van der Waals surface area contributed by atoms with Gasteiger partial charge in [-0.25, -0.2) is 4.68 Å². The third-order valence-electron chi connectivity index (χ3n) is 3.35. The maximum Gasteiger partial charge on any atom is 0.201 e. The Bertz CT molecular complexity index is 704. The summed E-state index contributed by atoms with van der Waals surface area (Å²) < 4.78 is 4.20. The molecule has 0 saturated carbocycles. The van der Waals surface area contributed by atoms with Gasteiger partial charge >= 0.3 is 0 Å². The van der Waals surface area contributed by atoms with Crippen LogP contribution in [0.3, 0.4) is 0 Å². The minimum atomic E-state index is -1.71. The number of aliphatic hydroxyl groups excluding tert-OH is 1. The van der Waals surface area contributed by atoms with Crippen LogP contribution >= 0.6 is 18.4 Å². The van der Waals surface area contributed by atoms with Gasteiger partial charge in [0.25, 0.3) is 0 Å². The quantitative estimate of drug-likeness (QED) is 0.635. The summed E-state index contributed by atoms with van der Waals surface area (Å²) in [6.07, 6.45) is 0.123. The Labute approximate surface area is 149 Å². The predicted molar refractivity (Wildman–Crippen MR) is 105 cm³/mol. The van der Waals surface area contributed by atoms with Crippen LogP contribution in [0.2, 0.25) is 0 Å². The minimum Gasteiger partial charge on any atom is -0.391 e. The van der Waals surface area contributed by atoms with Gasteiger partial charge in [0.05, 0.1) is 12.1 Å². The van der Waals surface area contributed by atoms with E-state index in [1.54, 1.807) is 17.9 Å². The Morgan fingerprint density at radius 2 is 1.78 bits per heavy atom. The van der Waals surface area contributed by atoms with Crippen LogP contribution in [-0.4, -0.2) is 38.7 Å². The van der Waals surface area contributed by atoms with Gasteiger partial charge in [-0.1, -0.05) is 56.0 Å². The van der Waals surface area contributed by atoms with Crippen molar-refractivity contribution >= 4 is 30.2 Å². The van der Waals surface area contributed by atoms with Gasteiger partial charge in [0, 0.05) is 6.19 Å². The molecule has 0 spiro atoms. The molecule has 128 valence electrons. The molecule has 1 heterocycles. The van der Waals surface area contributed by atoms with E-state index in [1.807, 2.05) is 61.8 Å². The van der Waals surface area contributed by atoms with E-state index >= 15 is 0 Å². The van der Waals surface area contributed by atoms with Gasteiger partial charge in [0.15, 0.2) is 0 Å². The van der Waals surface area contributed by atoms with Gasteiger partial charge in [0.2, 0.25) is 4.77 Å². The number of hydrogen-bond acceptors (Lipinski definition) is 4. The summed E-state index contributed by atoms with van der Waals surface area (Å²) in [5, 5.41) is 14.5. The molecule has 7 heteroatoms. The topological polar surface area (TPSA) is 43.0 Å². The molecule has 0 aliphatic carbocycles. The standard InChI is InChI=1S/C14H20N3OPS2.C2H6/c1-11(18)13(9-12-7-5-4-6-8-12)17-14(20)16(10-15-17)19(2,3)21;1-2/h4-8,10-11,13,18H,9H2,1-3H3;1-2H3. The van der Waals surface area contributed by atoms with Crippen molar-refractivity contribution in [1.29, 1.82) is 0 Å². The van der Waals surface area contributed by atoms with Crippen LogP contribution in [0.1, 0.15) is 32.4 Å². The van der Waals surface area contributed by atoms with Crippen LogP contribution in [0.5, 0.6) is 0 Å². The first-order valence-corrected chi connectivity index (χ1v) is 11.8. The Morgan fingerprint density at radius 3 is 2.22 bits per heavy atom. The lowest BCUT2D eigenvalue weighted by atomic mass is 10.0. The molecule has 4 nitrogen and oxygen atoms in total. The van der Waals surface area contributed by atoms with Crippen molar-refractivity contribution in [2.45, 2.75) is 39.3 Å². The van der Waals surface area contributed by atoms with Gasteiger partial charge in [-0.05, 0) is 44.5 Å². The van der Waals surface area contributed by atoms with Crippen LogP contribution < -0.4 is 0 Å². The average molecular weight is 372 g/mol. The molecule has 1 aromatic carbocycles. The van der Waals surface area contributed by atoms with Crippen molar-refractivity contribution in [3.63, 3.8) is 0 Å². The van der Waals surface area contributed by atoms with Gasteiger partial charge in [-0.3, -0.25) is 4.34 Å². The summed E-state index contributed by atoms with van der Waals surface area (Å²) in [6.45, 7) is 9.79. The largest absolute Gasteiger partial charge is 0.391 e. The number of benzene rings is 1. The maximum atomic E-state index is 10.1. The molecular weight excluding hydrogens is 345 g/mol. The lowest BCUT2D eigenvalue weighted by molar-refractivity contribution is 0.121. The number of rotatable bonds is 5. The van der Waals surface area contributed by atoms with Crippen LogP contribution in [0, 0.1) is 4.77 Å². The summed E-state index contributed by atoms with van der Waals surface area (Å²) in [7, 11) is 0. The molecule has 0 saturated heterocycles. The number of aromatic nitrogens is 3. The van der Waals surface area contributed by atoms with Crippen molar-refractivity contribution < 1.29 is 5.11 Å². The highest BCUT2D eigenvalue weighted by atomic mass is 32.4. The Balaban J connectivity index is 0.00000127. The van der Waals surface area contributed by atoms with E-state index in [1.165, 1.54) is 0 Å². The third-order valence-corrected chi connectivity index (χ3v) is 5.73. The van der Waals surface area contributed by atoms with Crippen LogP contribution in [0.4, 0.5) is 0 Å². The van der Waals surface area contributed by atoms with E-state index in [0.717, 1.165) is 5.56 Å². The second-order valence-corrected chi connectivity index (χ2v) is 11.6. The Kier molecular flexibility index (Phi) is 7.81. The second-order valence-electron chi connectivity index (χ2n) is 5.49. The van der Waals surface area contributed by atoms with E-state index in [4.69, 9.17) is 24.0 Å². The molecule has 0 bridgehead atoms. The van der Waals surface area contributed by atoms with Crippen molar-refractivity contribution in [2.24, 2.45) is 0 Å². The molecule has 2 unspecified atom stereocenters. The molecule has 0 fully saturated rings. The first kappa shape index (κ1) is 20.2. The highest BCUT2D eigenvalue weighted by molar-refractivity contribution is 8.13. The SMILES string of the molecule is CC.CC(O)C(Cc1ccccc1)n1ncn(P(C)(C)=S)c1=S. The van der Waals surface area contributed by atoms with Gasteiger partial charge in [0.1, 0.15) is 6.33 Å². The Morgan fingerprint density at radius 1 is 1.22 bits per heavy atom. The summed E-state index contributed by atoms with van der Waals surface area (Å²) in [6, 6.07) is 9.85. The van der Waals surface area contributed by atoms with Crippen molar-refractivity contribution in [1.82, 2.24) is 14.1 Å². The molecule has 2 atom stereocenters. The first-order valence-electron chi connectivity index (χ1n) is 7.74. The fourth-order valence-electron chi connectivity index (χ4n) is 2.18. The highest BCUT2D eigenvalue weighted by Gasteiger charge is 2.22. The summed E-state index contributed by atoms with van der Waals surface area (Å²) in [5.41, 5.74) is 1.15. The molecule has 2 aromatic rings. The maximum absolute atomic E-state index is 10.1. The smallest absolute Gasteiger partial charge is 0.201 e. The van der Waals surface area contributed by atoms with Gasteiger partial charge in [-0.15, -0.1) is 0 Å². The number of aliphatic hydroxyl groups is 1. The second kappa shape index (κ2) is 8.88. The van der Waals surface area contributed by atoms with Gasteiger partial charge < -0.3 is 5.11 Å². The van der Waals surface area contributed by atoms with Crippen LogP contribution in [0.25, 0.3) is 0 Å². The zero-order chi connectivity index (χ0) is 17.6. The lowest BCUT2D eigenvalue weighted by Gasteiger charge is -2.21. The molecule has 0 amide bonds. The zero-order valence-electron chi connectivity index (χ0n) is 14.4. The molecular formula is C16H26N3OPS2. The monoisotopic (exact) mass is 371 g/mol. The van der Waals surface area contributed by atoms with Gasteiger partial charge in [-0.2, -0.15) is 5.10 Å². The Hall–Kier alpha value is -0.810. The van der Waals surface area contributed by atoms with Crippen molar-refractivity contribution in [3.8, 4) is 0 Å². The third kappa shape index (κ3) is 5.35. The molecule has 1 N–H and O–H groups in total. The number of hydrogen-bond donors (Lipinski definition) is 1. The van der Waals surface area contributed by atoms with Crippen molar-refractivity contribution in [3.05, 3.63) is 47.0 Å². The molecule has 23 heavy (non-hydrogen) atoms. The highest BCUT2D eigenvalue weighted by Crippen LogP contribution is 2.38. The molecule has 2 rings (SSSR count). The summed E-state index contributed by atoms with van der Waals surface area (Å²) >= 11 is 11.0. The predicted octanol–water partition coefficient (Wildman–Crippen LogP) is 4.11. The average Bonchev–Trinajstić information content (AvgIpc) is 2.89. The lowest BCUT2D eigenvalue weighted by Crippen LogP contribution is -2.25.